The molecule has 3 aromatic rings. The smallest absolute Gasteiger partial charge is 0.0261 e. The lowest BCUT2D eigenvalue weighted by atomic mass is 10.1. The molecule has 0 aliphatic rings. The summed E-state index contributed by atoms with van der Waals surface area (Å²) in [7, 11) is -0.681. The summed E-state index contributed by atoms with van der Waals surface area (Å²) in [6, 6.07) is 27.0. The Morgan fingerprint density at radius 1 is 0.565 bits per heavy atom. The van der Waals surface area contributed by atoms with Crippen LogP contribution in [0.4, 0.5) is 0 Å². The first kappa shape index (κ1) is 15.1. The highest BCUT2D eigenvalue weighted by Crippen LogP contribution is 2.33. The van der Waals surface area contributed by atoms with E-state index in [1.807, 2.05) is 18.2 Å². The molecule has 3 rings (SSSR count). The zero-order valence-electron chi connectivity index (χ0n) is 12.6. The van der Waals surface area contributed by atoms with Crippen molar-refractivity contribution >= 4 is 23.8 Å². The van der Waals surface area contributed by atoms with Gasteiger partial charge in [-0.05, 0) is 42.0 Å². The minimum atomic E-state index is -0.681. The van der Waals surface area contributed by atoms with Gasteiger partial charge in [-0.25, -0.2) is 0 Å². The van der Waals surface area contributed by atoms with Crippen molar-refractivity contribution < 1.29 is 0 Å². The molecule has 0 radical (unpaired) electrons. The summed E-state index contributed by atoms with van der Waals surface area (Å²) in [6.45, 7) is 0. The molecule has 0 N–H and O–H groups in total. The van der Waals surface area contributed by atoms with Crippen molar-refractivity contribution in [2.24, 2.45) is 0 Å². The zero-order chi connectivity index (χ0) is 16.1. The average Bonchev–Trinajstić information content (AvgIpc) is 2.63. The second kappa shape index (κ2) is 6.98. The second-order valence-electron chi connectivity index (χ2n) is 5.06. The molecule has 0 atom stereocenters. The first-order valence-electron chi connectivity index (χ1n) is 7.30. The van der Waals surface area contributed by atoms with Gasteiger partial charge in [0.1, 0.15) is 0 Å². The Kier molecular flexibility index (Phi) is 4.59. The monoisotopic (exact) mass is 310 g/mol. The molecule has 0 unspecified atom stereocenters. The number of rotatable bonds is 3. The maximum atomic E-state index is 5.61. The Morgan fingerprint density at radius 2 is 1.00 bits per heavy atom. The van der Waals surface area contributed by atoms with Gasteiger partial charge in [-0.15, -0.1) is 12.8 Å². The standard InChI is InChI=1S/C22H15P/c1-3-18-15-19(4-2)17-22(16-18)23(20-11-7-5-8-12-20)21-13-9-6-10-14-21/h1-2,5-17H. The van der Waals surface area contributed by atoms with Gasteiger partial charge in [0.05, 0.1) is 0 Å². The van der Waals surface area contributed by atoms with Crippen LogP contribution in [0.15, 0.2) is 78.9 Å². The van der Waals surface area contributed by atoms with Crippen molar-refractivity contribution in [3.05, 3.63) is 90.0 Å². The van der Waals surface area contributed by atoms with Crippen LogP contribution >= 0.6 is 7.92 Å². The normalized spacial score (nSPS) is 10.0. The molecule has 1 heteroatoms. The van der Waals surface area contributed by atoms with Gasteiger partial charge >= 0.3 is 0 Å². The van der Waals surface area contributed by atoms with Crippen LogP contribution in [-0.4, -0.2) is 0 Å². The fourth-order valence-electron chi connectivity index (χ4n) is 2.51. The lowest BCUT2D eigenvalue weighted by Gasteiger charge is -2.20. The van der Waals surface area contributed by atoms with Crippen LogP contribution in [0.25, 0.3) is 0 Å². The van der Waals surface area contributed by atoms with Crippen molar-refractivity contribution in [1.82, 2.24) is 0 Å². The SMILES string of the molecule is C#Cc1cc(C#C)cc(P(c2ccccc2)c2ccccc2)c1. The highest BCUT2D eigenvalue weighted by molar-refractivity contribution is 7.79. The number of terminal acetylenes is 2. The Hall–Kier alpha value is -2.79. The minimum absolute atomic E-state index is 0.681. The minimum Gasteiger partial charge on any atom is -0.115 e. The van der Waals surface area contributed by atoms with Crippen LogP contribution in [-0.2, 0) is 0 Å². The van der Waals surface area contributed by atoms with Gasteiger partial charge in [-0.1, -0.05) is 72.5 Å². The largest absolute Gasteiger partial charge is 0.115 e. The first-order valence-corrected chi connectivity index (χ1v) is 8.64. The van der Waals surface area contributed by atoms with E-state index in [2.05, 4.69) is 72.5 Å². The molecule has 0 aliphatic heterocycles. The van der Waals surface area contributed by atoms with Crippen LogP contribution in [0.1, 0.15) is 11.1 Å². The molecule has 0 spiro atoms. The summed E-state index contributed by atoms with van der Waals surface area (Å²) in [5, 5.41) is 3.75. The molecular formula is C22H15P. The van der Waals surface area contributed by atoms with Gasteiger partial charge in [0, 0.05) is 11.1 Å². The predicted octanol–water partition coefficient (Wildman–Crippen LogP) is 3.41. The molecule has 0 saturated heterocycles. The lowest BCUT2D eigenvalue weighted by Crippen LogP contribution is -2.21. The Balaban J connectivity index is 2.21. The summed E-state index contributed by atoms with van der Waals surface area (Å²) < 4.78 is 0. The topological polar surface area (TPSA) is 0 Å². The van der Waals surface area contributed by atoms with E-state index in [0.29, 0.717) is 0 Å². The summed E-state index contributed by atoms with van der Waals surface area (Å²) in [5.41, 5.74) is 1.66. The van der Waals surface area contributed by atoms with Crippen molar-refractivity contribution in [2.45, 2.75) is 0 Å². The fraction of sp³-hybridized carbons (Fsp3) is 0. The average molecular weight is 310 g/mol. The summed E-state index contributed by atoms with van der Waals surface area (Å²) >= 11 is 0. The Labute approximate surface area is 139 Å². The van der Waals surface area contributed by atoms with E-state index >= 15 is 0 Å². The van der Waals surface area contributed by atoms with Crippen molar-refractivity contribution in [3.63, 3.8) is 0 Å². The van der Waals surface area contributed by atoms with E-state index in [4.69, 9.17) is 12.8 Å². The zero-order valence-corrected chi connectivity index (χ0v) is 13.5. The van der Waals surface area contributed by atoms with Gasteiger partial charge in [0.25, 0.3) is 0 Å². The maximum Gasteiger partial charge on any atom is 0.0261 e. The molecule has 0 heterocycles. The van der Waals surface area contributed by atoms with Gasteiger partial charge in [-0.2, -0.15) is 0 Å². The van der Waals surface area contributed by atoms with Crippen LogP contribution in [0.3, 0.4) is 0 Å². The highest BCUT2D eigenvalue weighted by atomic mass is 31.1. The third-order valence-corrected chi connectivity index (χ3v) is 5.94. The van der Waals surface area contributed by atoms with Crippen molar-refractivity contribution in [3.8, 4) is 24.7 Å². The highest BCUT2D eigenvalue weighted by Gasteiger charge is 2.17. The molecule has 23 heavy (non-hydrogen) atoms. The molecule has 0 fully saturated rings. The maximum absolute atomic E-state index is 5.61. The van der Waals surface area contributed by atoms with E-state index < -0.39 is 7.92 Å². The first-order chi connectivity index (χ1) is 11.3. The second-order valence-corrected chi connectivity index (χ2v) is 7.28. The summed E-state index contributed by atoms with van der Waals surface area (Å²) in [6.07, 6.45) is 11.2. The van der Waals surface area contributed by atoms with Gasteiger partial charge in [0.15, 0.2) is 0 Å². The Bertz CT molecular complexity index is 809. The van der Waals surface area contributed by atoms with E-state index in [-0.39, 0.29) is 0 Å². The molecule has 0 bridgehead atoms. The van der Waals surface area contributed by atoms with E-state index in [0.717, 1.165) is 11.1 Å². The number of hydrogen-bond acceptors (Lipinski definition) is 0. The Morgan fingerprint density at radius 3 is 1.39 bits per heavy atom. The molecule has 3 aromatic carbocycles. The molecule has 0 amide bonds. The number of benzene rings is 3. The van der Waals surface area contributed by atoms with Gasteiger partial charge in [-0.3, -0.25) is 0 Å². The van der Waals surface area contributed by atoms with Crippen molar-refractivity contribution in [2.75, 3.05) is 0 Å². The molecule has 108 valence electrons. The van der Waals surface area contributed by atoms with E-state index in [1.165, 1.54) is 15.9 Å². The molecule has 0 aromatic heterocycles. The van der Waals surface area contributed by atoms with Crippen molar-refractivity contribution in [1.29, 1.82) is 0 Å². The molecule has 0 nitrogen and oxygen atoms in total. The van der Waals surface area contributed by atoms with Crippen LogP contribution in [0, 0.1) is 24.7 Å². The van der Waals surface area contributed by atoms with Crippen LogP contribution in [0.5, 0.6) is 0 Å². The summed E-state index contributed by atoms with van der Waals surface area (Å²) in [5.74, 6) is 5.43. The van der Waals surface area contributed by atoms with Crippen LogP contribution in [0.2, 0.25) is 0 Å². The summed E-state index contributed by atoms with van der Waals surface area (Å²) in [4.78, 5) is 0. The molecule has 0 saturated carbocycles. The molecule has 0 aliphatic carbocycles. The number of hydrogen-bond donors (Lipinski definition) is 0. The third kappa shape index (κ3) is 3.35. The van der Waals surface area contributed by atoms with E-state index in [9.17, 15) is 0 Å². The van der Waals surface area contributed by atoms with Gasteiger partial charge in [0.2, 0.25) is 0 Å². The van der Waals surface area contributed by atoms with Crippen LogP contribution < -0.4 is 15.9 Å². The lowest BCUT2D eigenvalue weighted by molar-refractivity contribution is 1.64. The third-order valence-electron chi connectivity index (χ3n) is 3.54. The quantitative estimate of drug-likeness (QED) is 0.514. The van der Waals surface area contributed by atoms with Gasteiger partial charge < -0.3 is 0 Å². The molecular weight excluding hydrogens is 295 g/mol. The van der Waals surface area contributed by atoms with E-state index in [1.54, 1.807) is 0 Å². The predicted molar refractivity (Wildman–Crippen MR) is 101 cm³/mol. The fourth-order valence-corrected chi connectivity index (χ4v) is 4.88.